The Hall–Kier alpha value is -2.13. The predicted molar refractivity (Wildman–Crippen MR) is 70.2 cm³/mol. The van der Waals surface area contributed by atoms with Gasteiger partial charge in [-0.3, -0.25) is 0 Å². The maximum absolute atomic E-state index is 11.8. The zero-order valence-electron chi connectivity index (χ0n) is 11.3. The van der Waals surface area contributed by atoms with Crippen LogP contribution < -0.4 is 15.4 Å². The highest BCUT2D eigenvalue weighted by molar-refractivity contribution is 7.89. The van der Waals surface area contributed by atoms with E-state index < -0.39 is 22.1 Å². The van der Waals surface area contributed by atoms with E-state index in [1.54, 1.807) is 6.92 Å². The normalized spacial score (nSPS) is 10.9. The largest absolute Gasteiger partial charge is 0.550 e. The molecule has 1 aromatic rings. The quantitative estimate of drug-likeness (QED) is 0.642. The Morgan fingerprint density at radius 2 is 1.86 bits per heavy atom. The molecule has 0 saturated carbocycles. The molecule has 116 valence electrons. The summed E-state index contributed by atoms with van der Waals surface area (Å²) in [6.07, 6.45) is -0.807. The lowest BCUT2D eigenvalue weighted by atomic mass is 10.1. The van der Waals surface area contributed by atoms with Gasteiger partial charge in [-0.1, -0.05) is 12.1 Å². The van der Waals surface area contributed by atoms with Gasteiger partial charge in [-0.15, -0.1) is 4.83 Å². The number of aryl methyl sites for hydroxylation is 1. The van der Waals surface area contributed by atoms with E-state index in [1.165, 1.54) is 24.3 Å². The van der Waals surface area contributed by atoms with E-state index >= 15 is 0 Å². The highest BCUT2D eigenvalue weighted by Gasteiger charge is 2.15. The number of rotatable bonds is 7. The minimum atomic E-state index is -3.91. The van der Waals surface area contributed by atoms with Gasteiger partial charge in [-0.25, -0.2) is 18.6 Å². The number of sulfonamides is 1. The van der Waals surface area contributed by atoms with Crippen molar-refractivity contribution < 1.29 is 27.9 Å². The molecule has 0 fully saturated rings. The Morgan fingerprint density at radius 1 is 1.24 bits per heavy atom. The summed E-state index contributed by atoms with van der Waals surface area (Å²) in [5.41, 5.74) is 2.56. The number of ether oxygens (including phenoxy) is 1. The zero-order valence-corrected chi connectivity index (χ0v) is 12.1. The molecule has 0 aliphatic carbocycles. The lowest BCUT2D eigenvalue weighted by Crippen LogP contribution is -2.41. The third-order valence-electron chi connectivity index (χ3n) is 2.41. The van der Waals surface area contributed by atoms with E-state index in [0.717, 1.165) is 0 Å². The fourth-order valence-electron chi connectivity index (χ4n) is 1.42. The summed E-state index contributed by atoms with van der Waals surface area (Å²) in [7, 11) is -3.91. The van der Waals surface area contributed by atoms with Gasteiger partial charge in [0.2, 0.25) is 0 Å². The maximum atomic E-state index is 11.8. The number of amides is 1. The van der Waals surface area contributed by atoms with Crippen molar-refractivity contribution in [1.82, 2.24) is 10.3 Å². The fourth-order valence-corrected chi connectivity index (χ4v) is 2.25. The van der Waals surface area contributed by atoms with Crippen molar-refractivity contribution in [2.75, 3.05) is 6.61 Å². The van der Waals surface area contributed by atoms with E-state index in [2.05, 4.69) is 4.74 Å². The van der Waals surface area contributed by atoms with Gasteiger partial charge in [-0.05, 0) is 37.5 Å². The van der Waals surface area contributed by atoms with Gasteiger partial charge in [0, 0.05) is 5.97 Å². The average molecular weight is 315 g/mol. The number of carbonyl (C=O) groups is 2. The number of hydrogen-bond acceptors (Lipinski definition) is 6. The lowest BCUT2D eigenvalue weighted by molar-refractivity contribution is -0.305. The van der Waals surface area contributed by atoms with Crippen LogP contribution >= 0.6 is 0 Å². The number of carbonyl (C=O) groups excluding carboxylic acids is 2. The summed E-state index contributed by atoms with van der Waals surface area (Å²) in [5, 5.41) is 10.3. The van der Waals surface area contributed by atoms with Crippen molar-refractivity contribution >= 4 is 22.1 Å². The molecule has 0 atom stereocenters. The third kappa shape index (κ3) is 5.79. The number of hydrogen-bond donors (Lipinski definition) is 2. The van der Waals surface area contributed by atoms with Gasteiger partial charge in [-0.2, -0.15) is 0 Å². The van der Waals surface area contributed by atoms with Gasteiger partial charge < -0.3 is 14.6 Å². The second-order valence-corrected chi connectivity index (χ2v) is 5.65. The Kier molecular flexibility index (Phi) is 6.12. The van der Waals surface area contributed by atoms with Crippen LogP contribution in [0.1, 0.15) is 18.9 Å². The summed E-state index contributed by atoms with van der Waals surface area (Å²) in [4.78, 5) is 23.1. The van der Waals surface area contributed by atoms with Crippen LogP contribution in [0.2, 0.25) is 0 Å². The molecule has 0 aromatic heterocycles. The number of aliphatic carboxylic acids is 1. The number of carboxylic acid groups (broad SMARTS) is 1. The first kappa shape index (κ1) is 16.9. The van der Waals surface area contributed by atoms with E-state index in [4.69, 9.17) is 0 Å². The van der Waals surface area contributed by atoms with Gasteiger partial charge in [0.15, 0.2) is 0 Å². The molecule has 1 amide bonds. The van der Waals surface area contributed by atoms with E-state index in [9.17, 15) is 23.1 Å². The summed E-state index contributed by atoms with van der Waals surface area (Å²) >= 11 is 0. The number of hydrazine groups is 1. The molecule has 1 aromatic carbocycles. The Bertz CT molecular complexity index is 597. The fraction of sp³-hybridized carbons (Fsp3) is 0.333. The standard InChI is InChI=1S/C12H16N2O6S/c1-2-20-12(17)13-14-21(18,19)10-6-3-9(4-7-10)5-8-11(15)16/h3-4,6-7,14H,2,5,8H2,1H3,(H,13,17)(H,15,16)/p-1. The third-order valence-corrected chi connectivity index (χ3v) is 3.68. The number of benzene rings is 1. The number of nitrogens with one attached hydrogen (secondary N) is 2. The summed E-state index contributed by atoms with van der Waals surface area (Å²) < 4.78 is 28.2. The van der Waals surface area contributed by atoms with Crippen LogP contribution in [0.3, 0.4) is 0 Å². The van der Waals surface area contributed by atoms with E-state index in [-0.39, 0.29) is 24.3 Å². The maximum Gasteiger partial charge on any atom is 0.422 e. The lowest BCUT2D eigenvalue weighted by Gasteiger charge is -2.09. The molecule has 21 heavy (non-hydrogen) atoms. The Balaban J connectivity index is 2.66. The molecule has 1 rings (SSSR count). The van der Waals surface area contributed by atoms with Gasteiger partial charge >= 0.3 is 6.09 Å². The van der Waals surface area contributed by atoms with Crippen LogP contribution in [-0.4, -0.2) is 27.1 Å². The predicted octanol–water partition coefficient (Wildman–Crippen LogP) is -0.691. The molecule has 0 aliphatic rings. The molecule has 0 radical (unpaired) electrons. The monoisotopic (exact) mass is 315 g/mol. The second-order valence-electron chi connectivity index (χ2n) is 3.97. The molecule has 0 unspecified atom stereocenters. The van der Waals surface area contributed by atoms with Crippen LogP contribution in [0.5, 0.6) is 0 Å². The van der Waals surface area contributed by atoms with Crippen LogP contribution in [0.15, 0.2) is 29.2 Å². The van der Waals surface area contributed by atoms with Gasteiger partial charge in [0.05, 0.1) is 11.5 Å². The smallest absolute Gasteiger partial charge is 0.422 e. The minimum Gasteiger partial charge on any atom is -0.550 e. The SMILES string of the molecule is CCOC(=O)NNS(=O)(=O)c1ccc(CCC(=O)[O-])cc1. The molecule has 0 bridgehead atoms. The topological polar surface area (TPSA) is 125 Å². The first-order valence-electron chi connectivity index (χ1n) is 6.08. The zero-order chi connectivity index (χ0) is 15.9. The van der Waals surface area contributed by atoms with Crippen molar-refractivity contribution in [3.63, 3.8) is 0 Å². The Labute approximate surface area is 122 Å². The molecular formula is C12H15N2O6S-. The molecule has 0 heterocycles. The van der Waals surface area contributed by atoms with Gasteiger partial charge in [0.25, 0.3) is 10.0 Å². The van der Waals surface area contributed by atoms with Crippen molar-refractivity contribution in [2.45, 2.75) is 24.7 Å². The van der Waals surface area contributed by atoms with Crippen LogP contribution in [-0.2, 0) is 26.0 Å². The first-order valence-corrected chi connectivity index (χ1v) is 7.57. The van der Waals surface area contributed by atoms with Crippen LogP contribution in [0.4, 0.5) is 4.79 Å². The van der Waals surface area contributed by atoms with Crippen molar-refractivity contribution in [2.24, 2.45) is 0 Å². The van der Waals surface area contributed by atoms with Crippen molar-refractivity contribution in [3.8, 4) is 0 Å². The van der Waals surface area contributed by atoms with Gasteiger partial charge in [0.1, 0.15) is 0 Å². The first-order chi connectivity index (χ1) is 9.85. The molecule has 0 aliphatic heterocycles. The molecule has 0 spiro atoms. The highest BCUT2D eigenvalue weighted by atomic mass is 32.2. The molecule has 8 nitrogen and oxygen atoms in total. The molecule has 9 heteroatoms. The summed E-state index contributed by atoms with van der Waals surface area (Å²) in [6, 6.07) is 5.59. The Morgan fingerprint density at radius 3 is 2.38 bits per heavy atom. The van der Waals surface area contributed by atoms with Crippen LogP contribution in [0.25, 0.3) is 0 Å². The highest BCUT2D eigenvalue weighted by Crippen LogP contribution is 2.11. The summed E-state index contributed by atoms with van der Waals surface area (Å²) in [6.45, 7) is 1.69. The van der Waals surface area contributed by atoms with Crippen molar-refractivity contribution in [3.05, 3.63) is 29.8 Å². The van der Waals surface area contributed by atoms with Crippen LogP contribution in [0, 0.1) is 0 Å². The molecule has 0 saturated heterocycles. The van der Waals surface area contributed by atoms with E-state index in [0.29, 0.717) is 5.56 Å². The minimum absolute atomic E-state index is 0.0727. The molecule has 2 N–H and O–H groups in total. The van der Waals surface area contributed by atoms with Crippen molar-refractivity contribution in [1.29, 1.82) is 0 Å². The van der Waals surface area contributed by atoms with E-state index in [1.807, 2.05) is 10.3 Å². The average Bonchev–Trinajstić information content (AvgIpc) is 2.44. The summed E-state index contributed by atoms with van der Waals surface area (Å²) in [5.74, 6) is -1.17. The molecular weight excluding hydrogens is 300 g/mol. The second kappa shape index (κ2) is 7.60. The number of carboxylic acids is 1.